The number of rotatable bonds is 6. The van der Waals surface area contributed by atoms with Gasteiger partial charge in [0.05, 0.1) is 5.75 Å². The van der Waals surface area contributed by atoms with Crippen LogP contribution in [0.15, 0.2) is 0 Å². The summed E-state index contributed by atoms with van der Waals surface area (Å²) in [5.41, 5.74) is 0.264. The van der Waals surface area contributed by atoms with Crippen molar-refractivity contribution in [3.05, 3.63) is 0 Å². The molecular formula is C16H32N2O2S. The van der Waals surface area contributed by atoms with E-state index in [2.05, 4.69) is 24.1 Å². The van der Waals surface area contributed by atoms with Gasteiger partial charge in [0.25, 0.3) is 0 Å². The maximum Gasteiger partial charge on any atom is 0.151 e. The Balaban J connectivity index is 2.05. The third kappa shape index (κ3) is 4.20. The van der Waals surface area contributed by atoms with Gasteiger partial charge in [-0.15, -0.1) is 0 Å². The SMILES string of the molecule is CCC(C)C1CNC2(CCCC2)CN1CCS(=O)(=O)CC. The van der Waals surface area contributed by atoms with E-state index in [1.165, 1.54) is 25.7 Å². The Morgan fingerprint density at radius 2 is 1.95 bits per heavy atom. The standard InChI is InChI=1S/C16H32N2O2S/c1-4-14(3)15-12-17-16(8-6-7-9-16)13-18(15)10-11-21(19,20)5-2/h14-15,17H,4-13H2,1-3H3. The molecule has 0 aromatic rings. The predicted molar refractivity (Wildman–Crippen MR) is 88.3 cm³/mol. The van der Waals surface area contributed by atoms with Gasteiger partial charge in [-0.25, -0.2) is 8.42 Å². The van der Waals surface area contributed by atoms with E-state index < -0.39 is 9.84 Å². The second-order valence-electron chi connectivity index (χ2n) is 7.03. The molecule has 2 atom stereocenters. The van der Waals surface area contributed by atoms with Crippen LogP contribution in [-0.2, 0) is 9.84 Å². The van der Waals surface area contributed by atoms with Gasteiger partial charge in [0.1, 0.15) is 0 Å². The molecular weight excluding hydrogens is 284 g/mol. The van der Waals surface area contributed by atoms with Crippen LogP contribution in [-0.4, -0.2) is 56.0 Å². The van der Waals surface area contributed by atoms with Crippen molar-refractivity contribution in [2.75, 3.05) is 31.1 Å². The Kier molecular flexibility index (Phi) is 5.71. The molecule has 1 aliphatic carbocycles. The van der Waals surface area contributed by atoms with Crippen molar-refractivity contribution in [3.8, 4) is 0 Å². The van der Waals surface area contributed by atoms with Gasteiger partial charge in [-0.05, 0) is 18.8 Å². The lowest BCUT2D eigenvalue weighted by Gasteiger charge is -2.48. The first-order chi connectivity index (χ1) is 9.91. The number of hydrogen-bond donors (Lipinski definition) is 1. The van der Waals surface area contributed by atoms with Crippen LogP contribution < -0.4 is 5.32 Å². The van der Waals surface area contributed by atoms with E-state index in [1.807, 2.05) is 0 Å². The van der Waals surface area contributed by atoms with E-state index in [-0.39, 0.29) is 11.3 Å². The number of piperazine rings is 1. The van der Waals surface area contributed by atoms with Crippen molar-refractivity contribution in [2.45, 2.75) is 64.5 Å². The summed E-state index contributed by atoms with van der Waals surface area (Å²) in [5, 5.41) is 3.81. The molecule has 4 nitrogen and oxygen atoms in total. The van der Waals surface area contributed by atoms with Crippen LogP contribution in [0.25, 0.3) is 0 Å². The van der Waals surface area contributed by atoms with E-state index in [1.54, 1.807) is 6.92 Å². The van der Waals surface area contributed by atoms with Crippen molar-refractivity contribution in [2.24, 2.45) is 5.92 Å². The summed E-state index contributed by atoms with van der Waals surface area (Å²) in [5.74, 6) is 1.19. The first-order valence-electron chi connectivity index (χ1n) is 8.61. The third-order valence-corrected chi connectivity index (χ3v) is 7.34. The molecule has 0 radical (unpaired) electrons. The van der Waals surface area contributed by atoms with Gasteiger partial charge < -0.3 is 5.32 Å². The van der Waals surface area contributed by atoms with Crippen molar-refractivity contribution in [1.29, 1.82) is 0 Å². The normalized spacial score (nSPS) is 28.0. The van der Waals surface area contributed by atoms with E-state index in [0.717, 1.165) is 19.5 Å². The van der Waals surface area contributed by atoms with Crippen LogP contribution in [0.3, 0.4) is 0 Å². The van der Waals surface area contributed by atoms with Crippen LogP contribution >= 0.6 is 0 Å². The molecule has 21 heavy (non-hydrogen) atoms. The molecule has 1 N–H and O–H groups in total. The lowest BCUT2D eigenvalue weighted by Crippen LogP contribution is -2.65. The van der Waals surface area contributed by atoms with Crippen LogP contribution in [0.5, 0.6) is 0 Å². The Hall–Kier alpha value is -0.130. The third-order valence-electron chi connectivity index (χ3n) is 5.65. The average Bonchev–Trinajstić information content (AvgIpc) is 2.92. The minimum absolute atomic E-state index is 0.262. The topological polar surface area (TPSA) is 49.4 Å². The van der Waals surface area contributed by atoms with Gasteiger partial charge in [0, 0.05) is 37.0 Å². The van der Waals surface area contributed by atoms with Crippen LogP contribution in [0.2, 0.25) is 0 Å². The van der Waals surface area contributed by atoms with Gasteiger partial charge in [-0.2, -0.15) is 0 Å². The molecule has 124 valence electrons. The Morgan fingerprint density at radius 1 is 1.29 bits per heavy atom. The van der Waals surface area contributed by atoms with Crippen molar-refractivity contribution < 1.29 is 8.42 Å². The maximum absolute atomic E-state index is 11.9. The summed E-state index contributed by atoms with van der Waals surface area (Å²) < 4.78 is 23.7. The van der Waals surface area contributed by atoms with Gasteiger partial charge in [0.2, 0.25) is 0 Å². The molecule has 1 saturated heterocycles. The molecule has 2 unspecified atom stereocenters. The van der Waals surface area contributed by atoms with E-state index >= 15 is 0 Å². The fourth-order valence-corrected chi connectivity index (χ4v) is 4.68. The predicted octanol–water partition coefficient (Wildman–Crippen LogP) is 2.05. The zero-order valence-corrected chi connectivity index (χ0v) is 14.7. The summed E-state index contributed by atoms with van der Waals surface area (Å²) in [4.78, 5) is 2.48. The molecule has 1 aliphatic heterocycles. The molecule has 1 saturated carbocycles. The highest BCUT2D eigenvalue weighted by molar-refractivity contribution is 7.91. The van der Waals surface area contributed by atoms with Crippen LogP contribution in [0.1, 0.15) is 52.9 Å². The van der Waals surface area contributed by atoms with Gasteiger partial charge in [0.15, 0.2) is 9.84 Å². The molecule has 2 rings (SSSR count). The molecule has 0 bridgehead atoms. The highest BCUT2D eigenvalue weighted by Crippen LogP contribution is 2.34. The molecule has 1 heterocycles. The summed E-state index contributed by atoms with van der Waals surface area (Å²) in [6.45, 7) is 9.01. The maximum atomic E-state index is 11.9. The monoisotopic (exact) mass is 316 g/mol. The first-order valence-corrected chi connectivity index (χ1v) is 10.4. The summed E-state index contributed by atoms with van der Waals surface area (Å²) in [6.07, 6.45) is 6.26. The minimum atomic E-state index is -2.87. The second-order valence-corrected chi connectivity index (χ2v) is 9.50. The summed E-state index contributed by atoms with van der Waals surface area (Å²) in [6, 6.07) is 0.480. The Morgan fingerprint density at radius 3 is 2.52 bits per heavy atom. The lowest BCUT2D eigenvalue weighted by atomic mass is 9.88. The molecule has 5 heteroatoms. The largest absolute Gasteiger partial charge is 0.308 e. The zero-order chi connectivity index (χ0) is 15.5. The first kappa shape index (κ1) is 17.2. The Bertz CT molecular complexity index is 430. The highest BCUT2D eigenvalue weighted by atomic mass is 32.2. The fourth-order valence-electron chi connectivity index (χ4n) is 3.88. The van der Waals surface area contributed by atoms with Crippen molar-refractivity contribution in [1.82, 2.24) is 10.2 Å². The quantitative estimate of drug-likeness (QED) is 0.815. The van der Waals surface area contributed by atoms with Crippen LogP contribution in [0, 0.1) is 5.92 Å². The van der Waals surface area contributed by atoms with Gasteiger partial charge in [-0.3, -0.25) is 4.90 Å². The minimum Gasteiger partial charge on any atom is -0.308 e. The van der Waals surface area contributed by atoms with Gasteiger partial charge in [-0.1, -0.05) is 40.0 Å². The van der Waals surface area contributed by atoms with Crippen LogP contribution in [0.4, 0.5) is 0 Å². The fraction of sp³-hybridized carbons (Fsp3) is 1.00. The van der Waals surface area contributed by atoms with Crippen molar-refractivity contribution in [3.63, 3.8) is 0 Å². The average molecular weight is 317 g/mol. The molecule has 0 amide bonds. The molecule has 1 spiro atoms. The Labute approximate surface area is 130 Å². The van der Waals surface area contributed by atoms with Gasteiger partial charge >= 0.3 is 0 Å². The number of sulfone groups is 1. The number of nitrogens with one attached hydrogen (secondary N) is 1. The summed E-state index contributed by atoms with van der Waals surface area (Å²) >= 11 is 0. The smallest absolute Gasteiger partial charge is 0.151 e. The van der Waals surface area contributed by atoms with E-state index in [4.69, 9.17) is 0 Å². The van der Waals surface area contributed by atoms with E-state index in [9.17, 15) is 8.42 Å². The second kappa shape index (κ2) is 6.97. The summed E-state index contributed by atoms with van der Waals surface area (Å²) in [7, 11) is -2.87. The van der Waals surface area contributed by atoms with E-state index in [0.29, 0.717) is 24.3 Å². The molecule has 0 aromatic carbocycles. The lowest BCUT2D eigenvalue weighted by molar-refractivity contribution is 0.0571. The van der Waals surface area contributed by atoms with Crippen molar-refractivity contribution >= 4 is 9.84 Å². The zero-order valence-electron chi connectivity index (χ0n) is 13.9. The molecule has 2 fully saturated rings. The molecule has 0 aromatic heterocycles. The highest BCUT2D eigenvalue weighted by Gasteiger charge is 2.42. The molecule has 2 aliphatic rings. The number of nitrogens with zero attached hydrogens (tertiary/aromatic N) is 1. The number of hydrogen-bond acceptors (Lipinski definition) is 4.